The number of pyridine rings is 1. The Balaban J connectivity index is 2.11. The molecule has 0 aliphatic carbocycles. The van der Waals surface area contributed by atoms with Crippen molar-refractivity contribution in [1.82, 2.24) is 9.97 Å². The van der Waals surface area contributed by atoms with Crippen molar-refractivity contribution < 1.29 is 0 Å². The first-order chi connectivity index (χ1) is 7.27. The maximum Gasteiger partial charge on any atom is 0.152 e. The van der Waals surface area contributed by atoms with Crippen molar-refractivity contribution in [3.8, 4) is 0 Å². The van der Waals surface area contributed by atoms with E-state index in [1.165, 1.54) is 0 Å². The fraction of sp³-hybridized carbons (Fsp3) is 0.182. The third-order valence-electron chi connectivity index (χ3n) is 2.23. The maximum absolute atomic E-state index is 5.99. The molecule has 0 spiro atoms. The smallest absolute Gasteiger partial charge is 0.152 e. The van der Waals surface area contributed by atoms with E-state index in [0.29, 0.717) is 5.15 Å². The Morgan fingerprint density at radius 1 is 1.47 bits per heavy atom. The van der Waals surface area contributed by atoms with Crippen LogP contribution in [0, 0.1) is 6.92 Å². The molecule has 3 nitrogen and oxygen atoms in total. The number of halogens is 1. The summed E-state index contributed by atoms with van der Waals surface area (Å²) in [5.74, 6) is 0. The summed E-state index contributed by atoms with van der Waals surface area (Å²) in [7, 11) is 0. The summed E-state index contributed by atoms with van der Waals surface area (Å²) in [5, 5.41) is 3.77. The Hall–Kier alpha value is -1.48. The lowest BCUT2D eigenvalue weighted by atomic mass is 10.2. The standard InChI is InChI=1S/C11H12ClN3/c1-8-4-6-14-11(12)10(8)15-7-9-3-2-5-13-9/h2-6,13,15H,7H2,1H3. The van der Waals surface area contributed by atoms with Crippen molar-refractivity contribution in [2.24, 2.45) is 0 Å². The lowest BCUT2D eigenvalue weighted by Gasteiger charge is -2.09. The third kappa shape index (κ3) is 2.30. The van der Waals surface area contributed by atoms with E-state index < -0.39 is 0 Å². The third-order valence-corrected chi connectivity index (χ3v) is 2.52. The Kier molecular flexibility index (Phi) is 2.92. The molecule has 4 heteroatoms. The van der Waals surface area contributed by atoms with Gasteiger partial charge in [-0.1, -0.05) is 11.6 Å². The highest BCUT2D eigenvalue weighted by Gasteiger charge is 2.03. The van der Waals surface area contributed by atoms with Gasteiger partial charge < -0.3 is 10.3 Å². The van der Waals surface area contributed by atoms with E-state index >= 15 is 0 Å². The number of anilines is 1. The molecule has 0 aliphatic rings. The second kappa shape index (κ2) is 4.36. The molecule has 0 saturated carbocycles. The fourth-order valence-corrected chi connectivity index (χ4v) is 1.67. The van der Waals surface area contributed by atoms with Gasteiger partial charge in [-0.25, -0.2) is 4.98 Å². The number of hydrogen-bond donors (Lipinski definition) is 2. The van der Waals surface area contributed by atoms with Gasteiger partial charge in [0.25, 0.3) is 0 Å². The van der Waals surface area contributed by atoms with Crippen LogP contribution < -0.4 is 5.32 Å². The lowest BCUT2D eigenvalue weighted by Crippen LogP contribution is -2.02. The molecule has 0 amide bonds. The largest absolute Gasteiger partial charge is 0.377 e. The first-order valence-corrected chi connectivity index (χ1v) is 5.12. The van der Waals surface area contributed by atoms with Crippen LogP contribution in [0.2, 0.25) is 5.15 Å². The molecular weight excluding hydrogens is 210 g/mol. The van der Waals surface area contributed by atoms with Crippen LogP contribution in [0.3, 0.4) is 0 Å². The Labute approximate surface area is 93.5 Å². The molecule has 2 rings (SSSR count). The molecule has 0 aromatic carbocycles. The van der Waals surface area contributed by atoms with Crippen LogP contribution >= 0.6 is 11.6 Å². The highest BCUT2D eigenvalue weighted by Crippen LogP contribution is 2.22. The van der Waals surface area contributed by atoms with Crippen molar-refractivity contribution in [2.75, 3.05) is 5.32 Å². The van der Waals surface area contributed by atoms with Crippen molar-refractivity contribution in [3.63, 3.8) is 0 Å². The molecule has 2 N–H and O–H groups in total. The predicted octanol–water partition coefficient (Wildman–Crippen LogP) is 2.98. The van der Waals surface area contributed by atoms with E-state index in [1.807, 2.05) is 31.3 Å². The zero-order valence-electron chi connectivity index (χ0n) is 8.42. The van der Waals surface area contributed by atoms with Gasteiger partial charge in [0.2, 0.25) is 0 Å². The van der Waals surface area contributed by atoms with E-state index in [0.717, 1.165) is 23.5 Å². The normalized spacial score (nSPS) is 10.3. The molecule has 0 saturated heterocycles. The average molecular weight is 222 g/mol. The van der Waals surface area contributed by atoms with Crippen LogP contribution in [-0.4, -0.2) is 9.97 Å². The Morgan fingerprint density at radius 3 is 3.00 bits per heavy atom. The zero-order valence-corrected chi connectivity index (χ0v) is 9.17. The first-order valence-electron chi connectivity index (χ1n) is 4.74. The molecule has 2 aromatic rings. The molecule has 0 aliphatic heterocycles. The number of aromatic amines is 1. The van der Waals surface area contributed by atoms with Crippen molar-refractivity contribution in [2.45, 2.75) is 13.5 Å². The first kappa shape index (κ1) is 10.1. The summed E-state index contributed by atoms with van der Waals surface area (Å²) in [4.78, 5) is 7.15. The van der Waals surface area contributed by atoms with Crippen molar-refractivity contribution in [3.05, 3.63) is 47.0 Å². The van der Waals surface area contributed by atoms with Gasteiger partial charge in [-0.05, 0) is 30.7 Å². The number of aryl methyl sites for hydroxylation is 1. The summed E-state index contributed by atoms with van der Waals surface area (Å²) in [5.41, 5.74) is 3.12. The molecule has 0 atom stereocenters. The minimum absolute atomic E-state index is 0.515. The number of aromatic nitrogens is 2. The van der Waals surface area contributed by atoms with Crippen LogP contribution in [0.25, 0.3) is 0 Å². The molecule has 0 unspecified atom stereocenters. The Bertz CT molecular complexity index is 417. The number of hydrogen-bond acceptors (Lipinski definition) is 2. The fourth-order valence-electron chi connectivity index (χ4n) is 1.40. The van der Waals surface area contributed by atoms with Gasteiger partial charge in [0.1, 0.15) is 0 Å². The topological polar surface area (TPSA) is 40.7 Å². The van der Waals surface area contributed by atoms with Gasteiger partial charge in [0.05, 0.1) is 12.2 Å². The van der Waals surface area contributed by atoms with Crippen LogP contribution in [0.5, 0.6) is 0 Å². The number of nitrogens with zero attached hydrogens (tertiary/aromatic N) is 1. The molecule has 0 bridgehead atoms. The monoisotopic (exact) mass is 221 g/mol. The van der Waals surface area contributed by atoms with Crippen LogP contribution in [0.4, 0.5) is 5.69 Å². The van der Waals surface area contributed by atoms with Gasteiger partial charge >= 0.3 is 0 Å². The van der Waals surface area contributed by atoms with Gasteiger partial charge in [-0.15, -0.1) is 0 Å². The predicted molar refractivity (Wildman–Crippen MR) is 62.1 cm³/mol. The summed E-state index contributed by atoms with van der Waals surface area (Å²) in [6.45, 7) is 2.73. The molecule has 2 heterocycles. The van der Waals surface area contributed by atoms with E-state index in [-0.39, 0.29) is 0 Å². The van der Waals surface area contributed by atoms with Gasteiger partial charge in [-0.3, -0.25) is 0 Å². The average Bonchev–Trinajstić information content (AvgIpc) is 2.70. The van der Waals surface area contributed by atoms with Crippen LogP contribution in [-0.2, 0) is 6.54 Å². The SMILES string of the molecule is Cc1ccnc(Cl)c1NCc1ccc[nH]1. The summed E-state index contributed by atoms with van der Waals surface area (Å²) >= 11 is 5.99. The molecule has 15 heavy (non-hydrogen) atoms. The second-order valence-corrected chi connectivity index (χ2v) is 3.70. The Morgan fingerprint density at radius 2 is 2.33 bits per heavy atom. The highest BCUT2D eigenvalue weighted by molar-refractivity contribution is 6.32. The quantitative estimate of drug-likeness (QED) is 0.783. The molecule has 0 fully saturated rings. The molecule has 78 valence electrons. The molecular formula is C11H12ClN3. The lowest BCUT2D eigenvalue weighted by molar-refractivity contribution is 1.06. The van der Waals surface area contributed by atoms with E-state index in [2.05, 4.69) is 15.3 Å². The molecule has 0 radical (unpaired) electrons. The second-order valence-electron chi connectivity index (χ2n) is 3.34. The molecule has 2 aromatic heterocycles. The minimum atomic E-state index is 0.515. The van der Waals surface area contributed by atoms with E-state index in [9.17, 15) is 0 Å². The summed E-state index contributed by atoms with van der Waals surface area (Å²) in [6, 6.07) is 5.92. The van der Waals surface area contributed by atoms with Crippen molar-refractivity contribution in [1.29, 1.82) is 0 Å². The number of H-pyrrole nitrogens is 1. The van der Waals surface area contributed by atoms with Gasteiger partial charge in [0.15, 0.2) is 5.15 Å². The number of nitrogens with one attached hydrogen (secondary N) is 2. The number of rotatable bonds is 3. The van der Waals surface area contributed by atoms with Crippen LogP contribution in [0.15, 0.2) is 30.6 Å². The maximum atomic E-state index is 5.99. The summed E-state index contributed by atoms with van der Waals surface area (Å²) in [6.07, 6.45) is 3.60. The summed E-state index contributed by atoms with van der Waals surface area (Å²) < 4.78 is 0. The highest BCUT2D eigenvalue weighted by atomic mass is 35.5. The van der Waals surface area contributed by atoms with Crippen LogP contribution in [0.1, 0.15) is 11.3 Å². The van der Waals surface area contributed by atoms with E-state index in [4.69, 9.17) is 11.6 Å². The van der Waals surface area contributed by atoms with E-state index in [1.54, 1.807) is 6.20 Å². The van der Waals surface area contributed by atoms with Crippen molar-refractivity contribution >= 4 is 17.3 Å². The zero-order chi connectivity index (χ0) is 10.7. The van der Waals surface area contributed by atoms with Gasteiger partial charge in [-0.2, -0.15) is 0 Å². The minimum Gasteiger partial charge on any atom is -0.377 e. The van der Waals surface area contributed by atoms with Gasteiger partial charge in [0, 0.05) is 18.1 Å².